The van der Waals surface area contributed by atoms with Crippen LogP contribution in [-0.2, 0) is 11.2 Å². The number of anilines is 1. The van der Waals surface area contributed by atoms with Gasteiger partial charge in [0.05, 0.1) is 6.42 Å². The van der Waals surface area contributed by atoms with Gasteiger partial charge in [-0.25, -0.2) is 0 Å². The lowest BCUT2D eigenvalue weighted by atomic mass is 10.1. The second kappa shape index (κ2) is 6.05. The minimum atomic E-state index is -0.0102. The molecule has 0 aliphatic carbocycles. The van der Waals surface area contributed by atoms with Crippen molar-refractivity contribution in [2.24, 2.45) is 0 Å². The van der Waals surface area contributed by atoms with Crippen LogP contribution in [0.2, 0.25) is 0 Å². The van der Waals surface area contributed by atoms with Crippen LogP contribution >= 0.6 is 0 Å². The summed E-state index contributed by atoms with van der Waals surface area (Å²) in [6.07, 6.45) is 1.31. The Morgan fingerprint density at radius 1 is 1.25 bits per heavy atom. The Morgan fingerprint density at radius 3 is 2.70 bits per heavy atom. The van der Waals surface area contributed by atoms with Gasteiger partial charge in [0.1, 0.15) is 0 Å². The first kappa shape index (κ1) is 14.5. The predicted octanol–water partition coefficient (Wildman–Crippen LogP) is 1.20. The molecule has 1 heterocycles. The monoisotopic (exact) mass is 275 g/mol. The number of carbonyl (C=O) groups is 2. The molecule has 0 saturated heterocycles. The van der Waals surface area contributed by atoms with E-state index in [1.54, 1.807) is 17.0 Å². The second-order valence-corrected chi connectivity index (χ2v) is 5.48. The Morgan fingerprint density at radius 2 is 2.00 bits per heavy atom. The van der Waals surface area contributed by atoms with Gasteiger partial charge in [-0.15, -0.1) is 0 Å². The molecule has 0 aromatic heterocycles. The van der Waals surface area contributed by atoms with E-state index < -0.39 is 0 Å². The number of amides is 2. The van der Waals surface area contributed by atoms with Crippen LogP contribution in [0.3, 0.4) is 0 Å². The SMILES string of the molecule is CN(C)CCCN(C)C(=O)c1ccc2c(c1)CC(=O)N2. The van der Waals surface area contributed by atoms with Crippen LogP contribution in [0.5, 0.6) is 0 Å². The van der Waals surface area contributed by atoms with Crippen molar-refractivity contribution in [2.45, 2.75) is 12.8 Å². The summed E-state index contributed by atoms with van der Waals surface area (Å²) in [4.78, 5) is 27.5. The van der Waals surface area contributed by atoms with Crippen LogP contribution < -0.4 is 5.32 Å². The first-order valence-corrected chi connectivity index (χ1v) is 6.80. The molecule has 20 heavy (non-hydrogen) atoms. The highest BCUT2D eigenvalue weighted by Gasteiger charge is 2.20. The summed E-state index contributed by atoms with van der Waals surface area (Å²) in [5.41, 5.74) is 2.37. The van der Waals surface area contributed by atoms with Gasteiger partial charge in [0, 0.05) is 24.8 Å². The molecule has 0 atom stereocenters. The fraction of sp³-hybridized carbons (Fsp3) is 0.467. The van der Waals surface area contributed by atoms with Gasteiger partial charge in [-0.2, -0.15) is 0 Å². The Kier molecular flexibility index (Phi) is 4.39. The van der Waals surface area contributed by atoms with Crippen LogP contribution in [0.15, 0.2) is 18.2 Å². The molecule has 0 fully saturated rings. The second-order valence-electron chi connectivity index (χ2n) is 5.48. The lowest BCUT2D eigenvalue weighted by Gasteiger charge is -2.19. The fourth-order valence-electron chi connectivity index (χ4n) is 2.31. The zero-order chi connectivity index (χ0) is 14.7. The molecule has 2 rings (SSSR count). The highest BCUT2D eigenvalue weighted by Crippen LogP contribution is 2.24. The lowest BCUT2D eigenvalue weighted by molar-refractivity contribution is -0.115. The molecule has 0 unspecified atom stereocenters. The minimum absolute atomic E-state index is 0.00547. The Hall–Kier alpha value is -1.88. The van der Waals surface area contributed by atoms with Gasteiger partial charge in [0.2, 0.25) is 5.91 Å². The van der Waals surface area contributed by atoms with E-state index in [2.05, 4.69) is 10.2 Å². The number of nitrogens with zero attached hydrogens (tertiary/aromatic N) is 2. The number of fused-ring (bicyclic) bond motifs is 1. The highest BCUT2D eigenvalue weighted by molar-refractivity contribution is 6.01. The molecule has 1 aliphatic rings. The van der Waals surface area contributed by atoms with Gasteiger partial charge in [0.25, 0.3) is 5.91 Å². The first-order chi connectivity index (χ1) is 9.47. The average Bonchev–Trinajstić information content (AvgIpc) is 2.76. The van der Waals surface area contributed by atoms with E-state index in [9.17, 15) is 9.59 Å². The van der Waals surface area contributed by atoms with Crippen LogP contribution in [0.25, 0.3) is 0 Å². The molecule has 0 bridgehead atoms. The highest BCUT2D eigenvalue weighted by atomic mass is 16.2. The molecule has 1 aromatic rings. The number of carbonyl (C=O) groups excluding carboxylic acids is 2. The van der Waals surface area contributed by atoms with Crippen LogP contribution in [0.4, 0.5) is 5.69 Å². The topological polar surface area (TPSA) is 52.7 Å². The summed E-state index contributed by atoms with van der Waals surface area (Å²) in [7, 11) is 5.85. The van der Waals surface area contributed by atoms with Crippen molar-refractivity contribution < 1.29 is 9.59 Å². The normalized spacial score (nSPS) is 13.3. The largest absolute Gasteiger partial charge is 0.342 e. The van der Waals surface area contributed by atoms with E-state index >= 15 is 0 Å². The minimum Gasteiger partial charge on any atom is -0.342 e. The molecular weight excluding hydrogens is 254 g/mol. The van der Waals surface area contributed by atoms with E-state index in [1.165, 1.54) is 0 Å². The molecule has 0 saturated carbocycles. The van der Waals surface area contributed by atoms with Gasteiger partial charge in [-0.3, -0.25) is 9.59 Å². The number of benzene rings is 1. The van der Waals surface area contributed by atoms with E-state index in [4.69, 9.17) is 0 Å². The molecule has 0 spiro atoms. The third-order valence-electron chi connectivity index (χ3n) is 3.42. The van der Waals surface area contributed by atoms with Crippen molar-refractivity contribution in [1.82, 2.24) is 9.80 Å². The fourth-order valence-corrected chi connectivity index (χ4v) is 2.31. The summed E-state index contributed by atoms with van der Waals surface area (Å²) in [5.74, 6) is -0.00478. The summed E-state index contributed by atoms with van der Waals surface area (Å²) >= 11 is 0. The first-order valence-electron chi connectivity index (χ1n) is 6.80. The summed E-state index contributed by atoms with van der Waals surface area (Å²) in [6, 6.07) is 5.40. The van der Waals surface area contributed by atoms with Crippen LogP contribution in [0.1, 0.15) is 22.3 Å². The molecule has 1 aromatic carbocycles. The average molecular weight is 275 g/mol. The molecule has 0 radical (unpaired) electrons. The smallest absolute Gasteiger partial charge is 0.253 e. The van der Waals surface area contributed by atoms with Gasteiger partial charge < -0.3 is 15.1 Å². The summed E-state index contributed by atoms with van der Waals surface area (Å²) < 4.78 is 0. The number of nitrogens with one attached hydrogen (secondary N) is 1. The molecule has 1 N–H and O–H groups in total. The predicted molar refractivity (Wildman–Crippen MR) is 78.9 cm³/mol. The Balaban J connectivity index is 1.99. The van der Waals surface area contributed by atoms with E-state index in [-0.39, 0.29) is 11.8 Å². The Labute approximate surface area is 119 Å². The third-order valence-corrected chi connectivity index (χ3v) is 3.42. The van der Waals surface area contributed by atoms with E-state index in [1.807, 2.05) is 27.2 Å². The third kappa shape index (κ3) is 3.36. The van der Waals surface area contributed by atoms with Gasteiger partial charge in [-0.05, 0) is 50.8 Å². The van der Waals surface area contributed by atoms with Crippen LogP contribution in [0, 0.1) is 0 Å². The standard InChI is InChI=1S/C15H21N3O2/c1-17(2)7-4-8-18(3)15(20)11-5-6-13-12(9-11)10-14(19)16-13/h5-6,9H,4,7-8,10H2,1-3H3,(H,16,19). The molecular formula is C15H21N3O2. The van der Waals surface area contributed by atoms with E-state index in [0.29, 0.717) is 12.0 Å². The van der Waals surface area contributed by atoms with Crippen molar-refractivity contribution in [1.29, 1.82) is 0 Å². The van der Waals surface area contributed by atoms with Gasteiger partial charge in [-0.1, -0.05) is 0 Å². The van der Waals surface area contributed by atoms with Gasteiger partial charge in [0.15, 0.2) is 0 Å². The van der Waals surface area contributed by atoms with Crippen molar-refractivity contribution >= 4 is 17.5 Å². The Bertz CT molecular complexity index is 526. The number of hydrogen-bond acceptors (Lipinski definition) is 3. The maximum Gasteiger partial charge on any atom is 0.253 e. The quantitative estimate of drug-likeness (QED) is 0.878. The van der Waals surface area contributed by atoms with E-state index in [0.717, 1.165) is 30.8 Å². The molecule has 5 nitrogen and oxygen atoms in total. The molecule has 1 aliphatic heterocycles. The van der Waals surface area contributed by atoms with Crippen molar-refractivity contribution in [3.05, 3.63) is 29.3 Å². The van der Waals surface area contributed by atoms with Gasteiger partial charge >= 0.3 is 0 Å². The maximum atomic E-state index is 12.3. The molecule has 2 amide bonds. The molecule has 5 heteroatoms. The maximum absolute atomic E-state index is 12.3. The molecule has 108 valence electrons. The van der Waals surface area contributed by atoms with Crippen molar-refractivity contribution in [2.75, 3.05) is 39.5 Å². The van der Waals surface area contributed by atoms with Crippen molar-refractivity contribution in [3.8, 4) is 0 Å². The zero-order valence-corrected chi connectivity index (χ0v) is 12.3. The van der Waals surface area contributed by atoms with Crippen molar-refractivity contribution in [3.63, 3.8) is 0 Å². The summed E-state index contributed by atoms with van der Waals surface area (Å²) in [6.45, 7) is 1.69. The van der Waals surface area contributed by atoms with Crippen LogP contribution in [-0.4, -0.2) is 55.8 Å². The summed E-state index contributed by atoms with van der Waals surface area (Å²) in [5, 5.41) is 2.77. The zero-order valence-electron chi connectivity index (χ0n) is 12.3. The number of hydrogen-bond donors (Lipinski definition) is 1. The lowest BCUT2D eigenvalue weighted by Crippen LogP contribution is -2.29. The number of rotatable bonds is 5.